The number of ether oxygens (including phenoxy) is 1. The number of aldehydes is 1. The number of hydrogen-bond donors (Lipinski definition) is 0. The van der Waals surface area contributed by atoms with Gasteiger partial charge in [-0.2, -0.15) is 0 Å². The van der Waals surface area contributed by atoms with Gasteiger partial charge in [0.25, 0.3) is 0 Å². The van der Waals surface area contributed by atoms with Crippen LogP contribution < -0.4 is 0 Å². The Morgan fingerprint density at radius 2 is 2.29 bits per heavy atom. The van der Waals surface area contributed by atoms with Crippen LogP contribution in [-0.2, 0) is 4.74 Å². The van der Waals surface area contributed by atoms with Crippen LogP contribution in [0.1, 0.15) is 22.3 Å². The lowest BCUT2D eigenvalue weighted by molar-refractivity contribution is 0.112. The molecule has 1 heterocycles. The molecule has 0 amide bonds. The van der Waals surface area contributed by atoms with Crippen molar-refractivity contribution in [2.45, 2.75) is 6.42 Å². The van der Waals surface area contributed by atoms with Gasteiger partial charge in [-0.15, -0.1) is 0 Å². The molecule has 0 N–H and O–H groups in total. The molecule has 2 heteroatoms. The predicted octanol–water partition coefficient (Wildman–Crippen LogP) is 2.30. The summed E-state index contributed by atoms with van der Waals surface area (Å²) in [5.74, 6) is 0. The maximum Gasteiger partial charge on any atom is 0.150 e. The second-order valence-corrected chi connectivity index (χ2v) is 3.30. The zero-order valence-electron chi connectivity index (χ0n) is 7.90. The maximum atomic E-state index is 10.6. The second kappa shape index (κ2) is 4.20. The third-order valence-corrected chi connectivity index (χ3v) is 2.36. The first kappa shape index (κ1) is 9.16. The second-order valence-electron chi connectivity index (χ2n) is 3.30. The van der Waals surface area contributed by atoms with E-state index in [2.05, 4.69) is 6.08 Å². The molecule has 0 spiro atoms. The van der Waals surface area contributed by atoms with Crippen LogP contribution in [0.3, 0.4) is 0 Å². The van der Waals surface area contributed by atoms with Crippen molar-refractivity contribution in [1.29, 1.82) is 0 Å². The molecule has 72 valence electrons. The quantitative estimate of drug-likeness (QED) is 0.666. The van der Waals surface area contributed by atoms with Crippen LogP contribution in [-0.4, -0.2) is 19.5 Å². The van der Waals surface area contributed by atoms with Gasteiger partial charge in [0.05, 0.1) is 13.2 Å². The topological polar surface area (TPSA) is 26.3 Å². The third-order valence-electron chi connectivity index (χ3n) is 2.36. The van der Waals surface area contributed by atoms with Gasteiger partial charge in [0, 0.05) is 5.56 Å². The normalized spacial score (nSPS) is 16.1. The third kappa shape index (κ3) is 1.91. The smallest absolute Gasteiger partial charge is 0.150 e. The van der Waals surface area contributed by atoms with Gasteiger partial charge in [-0.1, -0.05) is 24.3 Å². The van der Waals surface area contributed by atoms with E-state index in [0.29, 0.717) is 6.61 Å². The highest BCUT2D eigenvalue weighted by molar-refractivity contribution is 5.78. The van der Waals surface area contributed by atoms with E-state index in [1.54, 1.807) is 0 Å². The van der Waals surface area contributed by atoms with Crippen LogP contribution in [0.2, 0.25) is 0 Å². The lowest BCUT2D eigenvalue weighted by Crippen LogP contribution is -2.03. The fourth-order valence-electron chi connectivity index (χ4n) is 1.60. The van der Waals surface area contributed by atoms with Gasteiger partial charge in [-0.25, -0.2) is 0 Å². The molecule has 0 saturated carbocycles. The minimum atomic E-state index is 0.681. The van der Waals surface area contributed by atoms with Crippen LogP contribution in [0.25, 0.3) is 5.57 Å². The molecule has 0 atom stereocenters. The molecule has 0 aliphatic carbocycles. The van der Waals surface area contributed by atoms with E-state index in [0.717, 1.165) is 30.4 Å². The molecule has 0 unspecified atom stereocenters. The van der Waals surface area contributed by atoms with Crippen molar-refractivity contribution < 1.29 is 9.53 Å². The van der Waals surface area contributed by atoms with Crippen molar-refractivity contribution in [3.05, 3.63) is 41.5 Å². The molecule has 1 aliphatic rings. The molecule has 0 aromatic heterocycles. The Labute approximate surface area is 83.2 Å². The van der Waals surface area contributed by atoms with Crippen LogP contribution in [0, 0.1) is 0 Å². The lowest BCUT2D eigenvalue weighted by atomic mass is 10.00. The van der Waals surface area contributed by atoms with Crippen molar-refractivity contribution in [3.63, 3.8) is 0 Å². The van der Waals surface area contributed by atoms with Crippen LogP contribution in [0.5, 0.6) is 0 Å². The van der Waals surface area contributed by atoms with E-state index in [-0.39, 0.29) is 0 Å². The largest absolute Gasteiger partial charge is 0.377 e. The first-order chi connectivity index (χ1) is 6.90. The molecule has 1 aliphatic heterocycles. The zero-order chi connectivity index (χ0) is 9.80. The molecule has 2 rings (SSSR count). The average Bonchev–Trinajstić information content (AvgIpc) is 2.30. The molecule has 1 aromatic rings. The summed E-state index contributed by atoms with van der Waals surface area (Å²) in [7, 11) is 0. The van der Waals surface area contributed by atoms with Gasteiger partial charge < -0.3 is 4.74 Å². The van der Waals surface area contributed by atoms with Crippen LogP contribution in [0.4, 0.5) is 0 Å². The van der Waals surface area contributed by atoms with E-state index in [1.165, 1.54) is 5.57 Å². The summed E-state index contributed by atoms with van der Waals surface area (Å²) >= 11 is 0. The van der Waals surface area contributed by atoms with Gasteiger partial charge in [0.15, 0.2) is 0 Å². The van der Waals surface area contributed by atoms with Crippen LogP contribution >= 0.6 is 0 Å². The Kier molecular flexibility index (Phi) is 2.75. The van der Waals surface area contributed by atoms with Gasteiger partial charge in [0.2, 0.25) is 0 Å². The summed E-state index contributed by atoms with van der Waals surface area (Å²) in [4.78, 5) is 10.6. The number of carbonyl (C=O) groups excluding carboxylic acids is 1. The highest BCUT2D eigenvalue weighted by Gasteiger charge is 2.06. The van der Waals surface area contributed by atoms with Gasteiger partial charge in [-0.3, -0.25) is 4.79 Å². The SMILES string of the molecule is O=Cc1cccc(C2=CCOCC2)c1. The highest BCUT2D eigenvalue weighted by Crippen LogP contribution is 2.21. The lowest BCUT2D eigenvalue weighted by Gasteiger charge is -2.13. The molecule has 14 heavy (non-hydrogen) atoms. The maximum absolute atomic E-state index is 10.6. The summed E-state index contributed by atoms with van der Waals surface area (Å²) in [5.41, 5.74) is 3.15. The Morgan fingerprint density at radius 3 is 3.00 bits per heavy atom. The Balaban J connectivity index is 2.30. The molecular formula is C12H12O2. The zero-order valence-corrected chi connectivity index (χ0v) is 7.90. The number of rotatable bonds is 2. The Morgan fingerprint density at radius 1 is 1.36 bits per heavy atom. The number of benzene rings is 1. The molecule has 0 saturated heterocycles. The van der Waals surface area contributed by atoms with E-state index in [9.17, 15) is 4.79 Å². The van der Waals surface area contributed by atoms with E-state index in [1.807, 2.05) is 24.3 Å². The summed E-state index contributed by atoms with van der Waals surface area (Å²) in [6, 6.07) is 7.68. The molecule has 0 fully saturated rings. The van der Waals surface area contributed by atoms with Crippen molar-refractivity contribution in [2.75, 3.05) is 13.2 Å². The summed E-state index contributed by atoms with van der Waals surface area (Å²) in [6.07, 6.45) is 3.89. The van der Waals surface area contributed by atoms with Crippen molar-refractivity contribution in [3.8, 4) is 0 Å². The summed E-state index contributed by atoms with van der Waals surface area (Å²) in [5, 5.41) is 0. The fourth-order valence-corrected chi connectivity index (χ4v) is 1.60. The molecule has 0 bridgehead atoms. The first-order valence-electron chi connectivity index (χ1n) is 4.72. The molecule has 2 nitrogen and oxygen atoms in total. The Bertz CT molecular complexity index is 366. The van der Waals surface area contributed by atoms with E-state index < -0.39 is 0 Å². The van der Waals surface area contributed by atoms with Gasteiger partial charge >= 0.3 is 0 Å². The van der Waals surface area contributed by atoms with Crippen molar-refractivity contribution in [2.24, 2.45) is 0 Å². The van der Waals surface area contributed by atoms with Crippen molar-refractivity contribution >= 4 is 11.9 Å². The summed E-state index contributed by atoms with van der Waals surface area (Å²) < 4.78 is 5.23. The van der Waals surface area contributed by atoms with Gasteiger partial charge in [-0.05, 0) is 23.6 Å². The van der Waals surface area contributed by atoms with Gasteiger partial charge in [0.1, 0.15) is 6.29 Å². The number of carbonyl (C=O) groups is 1. The standard InChI is InChI=1S/C12H12O2/c13-9-10-2-1-3-12(8-10)11-4-6-14-7-5-11/h1-4,8-9H,5-7H2. The summed E-state index contributed by atoms with van der Waals surface area (Å²) in [6.45, 7) is 1.46. The van der Waals surface area contributed by atoms with Crippen molar-refractivity contribution in [1.82, 2.24) is 0 Å². The minimum Gasteiger partial charge on any atom is -0.377 e. The number of hydrogen-bond acceptors (Lipinski definition) is 2. The monoisotopic (exact) mass is 188 g/mol. The van der Waals surface area contributed by atoms with E-state index in [4.69, 9.17) is 4.74 Å². The minimum absolute atomic E-state index is 0.681. The van der Waals surface area contributed by atoms with E-state index >= 15 is 0 Å². The average molecular weight is 188 g/mol. The first-order valence-corrected chi connectivity index (χ1v) is 4.72. The molecule has 0 radical (unpaired) electrons. The predicted molar refractivity (Wildman–Crippen MR) is 55.2 cm³/mol. The molecular weight excluding hydrogens is 176 g/mol. The van der Waals surface area contributed by atoms with Crippen LogP contribution in [0.15, 0.2) is 30.3 Å². The molecule has 1 aromatic carbocycles. The fraction of sp³-hybridized carbons (Fsp3) is 0.250. The Hall–Kier alpha value is -1.41. The highest BCUT2D eigenvalue weighted by atomic mass is 16.5.